The molecule has 0 radical (unpaired) electrons. The Morgan fingerprint density at radius 2 is 2.21 bits per heavy atom. The molecule has 0 saturated heterocycles. The van der Waals surface area contributed by atoms with Gasteiger partial charge in [0.1, 0.15) is 18.0 Å². The molecule has 1 aromatic rings. The minimum Gasteiger partial charge on any atom is -0.490 e. The molecule has 0 aromatic heterocycles. The summed E-state index contributed by atoms with van der Waals surface area (Å²) in [6.07, 6.45) is 0. The number of halogens is 1. The summed E-state index contributed by atoms with van der Waals surface area (Å²) < 4.78 is 5.97. The van der Waals surface area contributed by atoms with Crippen LogP contribution in [0.2, 0.25) is 0 Å². The minimum atomic E-state index is -1.03. The van der Waals surface area contributed by atoms with E-state index in [2.05, 4.69) is 21.2 Å². The fourth-order valence-electron chi connectivity index (χ4n) is 1.42. The number of likely N-dealkylation sites (N-methyl/N-ethyl adjacent to an activating group) is 1. The van der Waals surface area contributed by atoms with Crippen LogP contribution in [0.4, 0.5) is 5.69 Å². The molecule has 1 rings (SSSR count). The first kappa shape index (κ1) is 15.9. The molecule has 7 heteroatoms. The number of non-ortho nitro benzene ring substituents is 1. The van der Waals surface area contributed by atoms with Crippen LogP contribution < -0.4 is 10.1 Å². The molecule has 0 aliphatic carbocycles. The van der Waals surface area contributed by atoms with Crippen molar-refractivity contribution in [2.75, 3.05) is 19.7 Å². The summed E-state index contributed by atoms with van der Waals surface area (Å²) in [4.78, 5) is 10.2. The molecule has 6 nitrogen and oxygen atoms in total. The average molecular weight is 333 g/mol. The Labute approximate surface area is 120 Å². The third-order valence-electron chi connectivity index (χ3n) is 2.37. The van der Waals surface area contributed by atoms with Crippen molar-refractivity contribution >= 4 is 21.6 Å². The smallest absolute Gasteiger partial charge is 0.274 e. The maximum Gasteiger partial charge on any atom is 0.274 e. The van der Waals surface area contributed by atoms with E-state index >= 15 is 0 Å². The summed E-state index contributed by atoms with van der Waals surface area (Å²) in [7, 11) is 0. The number of ether oxygens (including phenoxy) is 1. The van der Waals surface area contributed by atoms with Crippen LogP contribution in [-0.2, 0) is 0 Å². The molecule has 0 fully saturated rings. The molecule has 1 aromatic carbocycles. The van der Waals surface area contributed by atoms with Crippen LogP contribution in [0.3, 0.4) is 0 Å². The lowest BCUT2D eigenvalue weighted by Gasteiger charge is -2.23. The highest BCUT2D eigenvalue weighted by atomic mass is 79.9. The molecule has 1 unspecified atom stereocenters. The van der Waals surface area contributed by atoms with Gasteiger partial charge in [-0.25, -0.2) is 0 Å². The number of nitro groups is 1. The van der Waals surface area contributed by atoms with E-state index in [9.17, 15) is 15.2 Å². The summed E-state index contributed by atoms with van der Waals surface area (Å²) in [6, 6.07) is 4.34. The van der Waals surface area contributed by atoms with E-state index in [0.29, 0.717) is 16.8 Å². The number of nitrogens with one attached hydrogen (secondary N) is 1. The molecule has 0 bridgehead atoms. The fraction of sp³-hybridized carbons (Fsp3) is 0.500. The van der Waals surface area contributed by atoms with Gasteiger partial charge in [-0.05, 0) is 19.5 Å². The SMILES string of the molecule is CCNCC(C)(O)COc1cc(Br)cc([N+](=O)[O-])c1. The molecule has 19 heavy (non-hydrogen) atoms. The second kappa shape index (κ2) is 6.83. The summed E-state index contributed by atoms with van der Waals surface area (Å²) in [5.74, 6) is 0.345. The van der Waals surface area contributed by atoms with Gasteiger partial charge in [-0.1, -0.05) is 22.9 Å². The van der Waals surface area contributed by atoms with Gasteiger partial charge >= 0.3 is 0 Å². The largest absolute Gasteiger partial charge is 0.490 e. The first-order valence-electron chi connectivity index (χ1n) is 5.85. The monoisotopic (exact) mass is 332 g/mol. The number of nitrogens with zero attached hydrogens (tertiary/aromatic N) is 1. The maximum atomic E-state index is 10.7. The standard InChI is InChI=1S/C12H17BrN2O4/c1-3-14-7-12(2,16)8-19-11-5-9(13)4-10(6-11)15(17)18/h4-6,14,16H,3,7-8H2,1-2H3. The molecule has 106 valence electrons. The van der Waals surface area contributed by atoms with Crippen molar-refractivity contribution in [1.29, 1.82) is 0 Å². The third kappa shape index (κ3) is 5.54. The van der Waals surface area contributed by atoms with Crippen molar-refractivity contribution in [3.05, 3.63) is 32.8 Å². The van der Waals surface area contributed by atoms with Gasteiger partial charge < -0.3 is 15.2 Å². The molecular formula is C12H17BrN2O4. The zero-order valence-corrected chi connectivity index (χ0v) is 12.4. The molecule has 0 spiro atoms. The van der Waals surface area contributed by atoms with Gasteiger partial charge in [0.15, 0.2) is 0 Å². The van der Waals surface area contributed by atoms with E-state index in [0.717, 1.165) is 6.54 Å². The highest BCUT2D eigenvalue weighted by Gasteiger charge is 2.21. The zero-order valence-electron chi connectivity index (χ0n) is 10.9. The van der Waals surface area contributed by atoms with Crippen LogP contribution in [0.25, 0.3) is 0 Å². The summed E-state index contributed by atoms with van der Waals surface area (Å²) in [5, 5.41) is 23.8. The molecule has 0 aliphatic heterocycles. The van der Waals surface area contributed by atoms with E-state index in [1.807, 2.05) is 6.92 Å². The van der Waals surface area contributed by atoms with Crippen molar-refractivity contribution in [1.82, 2.24) is 5.32 Å². The molecule has 0 heterocycles. The van der Waals surface area contributed by atoms with Crippen LogP contribution in [0, 0.1) is 10.1 Å². The Morgan fingerprint density at radius 3 is 2.79 bits per heavy atom. The van der Waals surface area contributed by atoms with Crippen LogP contribution >= 0.6 is 15.9 Å². The Balaban J connectivity index is 2.69. The average Bonchev–Trinajstić information content (AvgIpc) is 2.33. The fourth-order valence-corrected chi connectivity index (χ4v) is 1.88. The number of nitro benzene ring substituents is 1. The van der Waals surface area contributed by atoms with Crippen LogP contribution in [0.15, 0.2) is 22.7 Å². The summed E-state index contributed by atoms with van der Waals surface area (Å²) in [5.41, 5.74) is -1.09. The lowest BCUT2D eigenvalue weighted by molar-refractivity contribution is -0.385. The number of rotatable bonds is 7. The first-order chi connectivity index (χ1) is 8.84. The molecular weight excluding hydrogens is 316 g/mol. The highest BCUT2D eigenvalue weighted by Crippen LogP contribution is 2.26. The second-order valence-corrected chi connectivity index (χ2v) is 5.38. The predicted octanol–water partition coefficient (Wildman–Crippen LogP) is 2.10. The van der Waals surface area contributed by atoms with Gasteiger partial charge in [0.2, 0.25) is 0 Å². The van der Waals surface area contributed by atoms with Gasteiger partial charge in [0.05, 0.1) is 11.0 Å². The second-order valence-electron chi connectivity index (χ2n) is 4.47. The van der Waals surface area contributed by atoms with E-state index in [1.54, 1.807) is 13.0 Å². The normalized spacial score (nSPS) is 13.9. The first-order valence-corrected chi connectivity index (χ1v) is 6.64. The number of hydrogen-bond donors (Lipinski definition) is 2. The summed E-state index contributed by atoms with van der Waals surface area (Å²) >= 11 is 3.18. The van der Waals surface area contributed by atoms with Crippen molar-refractivity contribution < 1.29 is 14.8 Å². The van der Waals surface area contributed by atoms with Gasteiger partial charge in [0.25, 0.3) is 5.69 Å². The Hall–Kier alpha value is -1.18. The van der Waals surface area contributed by atoms with Crippen molar-refractivity contribution in [3.8, 4) is 5.75 Å². The lowest BCUT2D eigenvalue weighted by Crippen LogP contribution is -2.42. The van der Waals surface area contributed by atoms with E-state index in [-0.39, 0.29) is 12.3 Å². The van der Waals surface area contributed by atoms with E-state index in [1.165, 1.54) is 12.1 Å². The van der Waals surface area contributed by atoms with Crippen molar-refractivity contribution in [2.45, 2.75) is 19.4 Å². The Morgan fingerprint density at radius 1 is 1.53 bits per heavy atom. The predicted molar refractivity (Wildman–Crippen MR) is 75.5 cm³/mol. The van der Waals surface area contributed by atoms with E-state index in [4.69, 9.17) is 4.74 Å². The van der Waals surface area contributed by atoms with Gasteiger partial charge in [-0.2, -0.15) is 0 Å². The topological polar surface area (TPSA) is 84.6 Å². The molecule has 0 aliphatic rings. The molecule has 2 N–H and O–H groups in total. The number of hydrogen-bond acceptors (Lipinski definition) is 5. The third-order valence-corrected chi connectivity index (χ3v) is 2.83. The summed E-state index contributed by atoms with van der Waals surface area (Å²) in [6.45, 7) is 4.77. The Kier molecular flexibility index (Phi) is 5.71. The zero-order chi connectivity index (χ0) is 14.5. The van der Waals surface area contributed by atoms with Crippen molar-refractivity contribution in [3.63, 3.8) is 0 Å². The number of benzene rings is 1. The Bertz CT molecular complexity index is 451. The van der Waals surface area contributed by atoms with Crippen LogP contribution in [0.1, 0.15) is 13.8 Å². The molecule has 0 amide bonds. The van der Waals surface area contributed by atoms with Crippen LogP contribution in [-0.4, -0.2) is 35.3 Å². The van der Waals surface area contributed by atoms with E-state index < -0.39 is 10.5 Å². The van der Waals surface area contributed by atoms with Gasteiger partial charge in [-0.15, -0.1) is 0 Å². The van der Waals surface area contributed by atoms with Crippen molar-refractivity contribution in [2.24, 2.45) is 0 Å². The van der Waals surface area contributed by atoms with Gasteiger partial charge in [-0.3, -0.25) is 10.1 Å². The maximum absolute atomic E-state index is 10.7. The van der Waals surface area contributed by atoms with Gasteiger partial charge in [0, 0.05) is 17.1 Å². The molecule has 0 saturated carbocycles. The minimum absolute atomic E-state index is 0.0492. The highest BCUT2D eigenvalue weighted by molar-refractivity contribution is 9.10. The number of aliphatic hydroxyl groups is 1. The molecule has 1 atom stereocenters. The quantitative estimate of drug-likeness (QED) is 0.590. The van der Waals surface area contributed by atoms with Crippen LogP contribution in [0.5, 0.6) is 5.75 Å². The lowest BCUT2D eigenvalue weighted by atomic mass is 10.1.